The Morgan fingerprint density at radius 3 is 2.53 bits per heavy atom. The van der Waals surface area contributed by atoms with E-state index in [1.165, 1.54) is 0 Å². The Labute approximate surface area is 97.7 Å². The fourth-order valence-corrected chi connectivity index (χ4v) is 2.06. The number of nitrogens with two attached hydrogens (primary N) is 1. The molecule has 0 aromatic rings. The summed E-state index contributed by atoms with van der Waals surface area (Å²) in [5.41, 5.74) is 4.31. The molecule has 1 aliphatic carbocycles. The molecule has 1 saturated carbocycles. The molecule has 0 aliphatic heterocycles. The summed E-state index contributed by atoms with van der Waals surface area (Å²) < 4.78 is 41.8. The van der Waals surface area contributed by atoms with Crippen molar-refractivity contribution in [1.82, 2.24) is 5.32 Å². The molecule has 100 valence electrons. The fourth-order valence-electron chi connectivity index (χ4n) is 2.06. The smallest absolute Gasteiger partial charge is 0.368 e. The SMILES string of the molecule is CNC1(C(N)=O)CCC(OC(C)C(F)(F)F)C1. The van der Waals surface area contributed by atoms with Gasteiger partial charge in [0.05, 0.1) is 11.6 Å². The van der Waals surface area contributed by atoms with E-state index in [0.29, 0.717) is 12.8 Å². The van der Waals surface area contributed by atoms with Crippen molar-refractivity contribution in [2.45, 2.75) is 50.1 Å². The third-order valence-corrected chi connectivity index (χ3v) is 3.28. The predicted octanol–water partition coefficient (Wildman–Crippen LogP) is 0.950. The highest BCUT2D eigenvalue weighted by Crippen LogP contribution is 2.34. The number of ether oxygens (including phenoxy) is 1. The maximum absolute atomic E-state index is 12.3. The second-order valence-corrected chi connectivity index (χ2v) is 4.38. The van der Waals surface area contributed by atoms with Gasteiger partial charge in [-0.25, -0.2) is 0 Å². The second-order valence-electron chi connectivity index (χ2n) is 4.38. The molecular weight excluding hydrogens is 237 g/mol. The summed E-state index contributed by atoms with van der Waals surface area (Å²) in [7, 11) is 1.57. The van der Waals surface area contributed by atoms with Crippen LogP contribution in [0.5, 0.6) is 0 Å². The van der Waals surface area contributed by atoms with Gasteiger partial charge in [0, 0.05) is 6.42 Å². The number of carbonyl (C=O) groups excluding carboxylic acids is 1. The van der Waals surface area contributed by atoms with Crippen LogP contribution >= 0.6 is 0 Å². The molecule has 0 saturated heterocycles. The van der Waals surface area contributed by atoms with Crippen molar-refractivity contribution >= 4 is 5.91 Å². The lowest BCUT2D eigenvalue weighted by Gasteiger charge is -2.26. The lowest BCUT2D eigenvalue weighted by molar-refractivity contribution is -0.226. The average Bonchev–Trinajstić information content (AvgIpc) is 2.61. The number of hydrogen-bond acceptors (Lipinski definition) is 3. The molecule has 1 fully saturated rings. The zero-order chi connectivity index (χ0) is 13.3. The molecule has 7 heteroatoms. The fraction of sp³-hybridized carbons (Fsp3) is 0.900. The molecule has 0 heterocycles. The number of primary amides is 1. The van der Waals surface area contributed by atoms with Crippen molar-refractivity contribution < 1.29 is 22.7 Å². The Hall–Kier alpha value is -0.820. The standard InChI is InChI=1S/C10H17F3N2O2/c1-6(10(11,12)13)17-7-3-4-9(5-7,15-2)8(14)16/h6-7,15H,3-5H2,1-2H3,(H2,14,16). The summed E-state index contributed by atoms with van der Waals surface area (Å²) in [5.74, 6) is -0.550. The Balaban J connectivity index is 2.59. The first-order valence-electron chi connectivity index (χ1n) is 5.42. The number of amides is 1. The Morgan fingerprint density at radius 2 is 2.18 bits per heavy atom. The van der Waals surface area contributed by atoms with Gasteiger partial charge >= 0.3 is 6.18 Å². The first-order valence-corrected chi connectivity index (χ1v) is 5.42. The van der Waals surface area contributed by atoms with Crippen LogP contribution in [-0.2, 0) is 9.53 Å². The van der Waals surface area contributed by atoms with Crippen molar-refractivity contribution in [1.29, 1.82) is 0 Å². The number of rotatable bonds is 4. The average molecular weight is 254 g/mol. The van der Waals surface area contributed by atoms with Gasteiger partial charge in [0.2, 0.25) is 5.91 Å². The predicted molar refractivity (Wildman–Crippen MR) is 55.2 cm³/mol. The first kappa shape index (κ1) is 14.2. The van der Waals surface area contributed by atoms with Gasteiger partial charge in [-0.3, -0.25) is 4.79 Å². The van der Waals surface area contributed by atoms with Crippen LogP contribution < -0.4 is 11.1 Å². The minimum atomic E-state index is -4.38. The van der Waals surface area contributed by atoms with E-state index in [-0.39, 0.29) is 6.42 Å². The molecule has 0 aromatic carbocycles. The van der Waals surface area contributed by atoms with E-state index in [4.69, 9.17) is 10.5 Å². The van der Waals surface area contributed by atoms with Gasteiger partial charge in [0.1, 0.15) is 0 Å². The molecule has 3 N–H and O–H groups in total. The summed E-state index contributed by atoms with van der Waals surface area (Å²) in [6, 6.07) is 0. The third-order valence-electron chi connectivity index (χ3n) is 3.28. The van der Waals surface area contributed by atoms with E-state index in [0.717, 1.165) is 6.92 Å². The van der Waals surface area contributed by atoms with E-state index < -0.39 is 29.8 Å². The maximum Gasteiger partial charge on any atom is 0.414 e. The topological polar surface area (TPSA) is 64.3 Å². The van der Waals surface area contributed by atoms with Gasteiger partial charge in [-0.05, 0) is 26.8 Å². The Kier molecular flexibility index (Phi) is 4.03. The number of carbonyl (C=O) groups is 1. The zero-order valence-electron chi connectivity index (χ0n) is 9.80. The van der Waals surface area contributed by atoms with E-state index in [2.05, 4.69) is 5.32 Å². The molecule has 17 heavy (non-hydrogen) atoms. The van der Waals surface area contributed by atoms with Gasteiger partial charge in [0.15, 0.2) is 6.10 Å². The van der Waals surface area contributed by atoms with Gasteiger partial charge in [-0.15, -0.1) is 0 Å². The third kappa shape index (κ3) is 3.10. The van der Waals surface area contributed by atoms with Gasteiger partial charge in [-0.2, -0.15) is 13.2 Å². The number of hydrogen-bond donors (Lipinski definition) is 2. The molecule has 0 bridgehead atoms. The summed E-state index contributed by atoms with van der Waals surface area (Å²) >= 11 is 0. The van der Waals surface area contributed by atoms with Crippen LogP contribution in [-0.4, -0.2) is 36.9 Å². The number of halogens is 3. The minimum Gasteiger partial charge on any atom is -0.368 e. The van der Waals surface area contributed by atoms with Gasteiger partial charge < -0.3 is 15.8 Å². The summed E-state index contributed by atoms with van der Waals surface area (Å²) in [4.78, 5) is 11.3. The quantitative estimate of drug-likeness (QED) is 0.785. The number of alkyl halides is 3. The van der Waals surface area contributed by atoms with Crippen LogP contribution in [0.1, 0.15) is 26.2 Å². The molecule has 1 aliphatic rings. The zero-order valence-corrected chi connectivity index (χ0v) is 9.80. The van der Waals surface area contributed by atoms with E-state index in [1.807, 2.05) is 0 Å². The summed E-state index contributed by atoms with van der Waals surface area (Å²) in [6.07, 6.45) is -5.82. The molecule has 1 amide bonds. The largest absolute Gasteiger partial charge is 0.414 e. The van der Waals surface area contributed by atoms with Crippen LogP contribution in [0.4, 0.5) is 13.2 Å². The molecule has 0 spiro atoms. The van der Waals surface area contributed by atoms with E-state index >= 15 is 0 Å². The van der Waals surface area contributed by atoms with Gasteiger partial charge in [-0.1, -0.05) is 0 Å². The molecule has 0 radical (unpaired) electrons. The lowest BCUT2D eigenvalue weighted by atomic mass is 9.97. The summed E-state index contributed by atoms with van der Waals surface area (Å²) in [5, 5.41) is 2.78. The molecule has 3 atom stereocenters. The van der Waals surface area contributed by atoms with Crippen LogP contribution in [0.3, 0.4) is 0 Å². The van der Waals surface area contributed by atoms with Crippen molar-refractivity contribution in [2.24, 2.45) is 5.73 Å². The number of likely N-dealkylation sites (N-methyl/N-ethyl adjacent to an activating group) is 1. The lowest BCUT2D eigenvalue weighted by Crippen LogP contribution is -2.52. The molecular formula is C10H17F3N2O2. The van der Waals surface area contributed by atoms with Crippen LogP contribution in [0.25, 0.3) is 0 Å². The van der Waals surface area contributed by atoms with E-state index in [1.54, 1.807) is 7.05 Å². The Morgan fingerprint density at radius 1 is 1.59 bits per heavy atom. The van der Waals surface area contributed by atoms with Crippen molar-refractivity contribution in [3.8, 4) is 0 Å². The van der Waals surface area contributed by atoms with Crippen molar-refractivity contribution in [2.75, 3.05) is 7.05 Å². The monoisotopic (exact) mass is 254 g/mol. The normalized spacial score (nSPS) is 31.5. The maximum atomic E-state index is 12.3. The molecule has 1 rings (SSSR count). The second kappa shape index (κ2) is 4.81. The van der Waals surface area contributed by atoms with Crippen molar-refractivity contribution in [3.05, 3.63) is 0 Å². The highest BCUT2D eigenvalue weighted by atomic mass is 19.4. The number of nitrogens with one attached hydrogen (secondary N) is 1. The van der Waals surface area contributed by atoms with E-state index in [9.17, 15) is 18.0 Å². The molecule has 0 aromatic heterocycles. The Bertz CT molecular complexity index is 296. The molecule has 4 nitrogen and oxygen atoms in total. The van der Waals surface area contributed by atoms with Crippen LogP contribution in [0, 0.1) is 0 Å². The van der Waals surface area contributed by atoms with Gasteiger partial charge in [0.25, 0.3) is 0 Å². The van der Waals surface area contributed by atoms with Crippen LogP contribution in [0.2, 0.25) is 0 Å². The first-order chi connectivity index (χ1) is 7.71. The van der Waals surface area contributed by atoms with Crippen LogP contribution in [0.15, 0.2) is 0 Å². The highest BCUT2D eigenvalue weighted by Gasteiger charge is 2.46. The molecule has 3 unspecified atom stereocenters. The minimum absolute atomic E-state index is 0.180. The summed E-state index contributed by atoms with van der Waals surface area (Å²) in [6.45, 7) is 0.962. The van der Waals surface area contributed by atoms with Crippen molar-refractivity contribution in [3.63, 3.8) is 0 Å². The highest BCUT2D eigenvalue weighted by molar-refractivity contribution is 5.85.